The molecule has 0 saturated carbocycles. The molecule has 0 aliphatic carbocycles. The number of aryl methyl sites for hydroxylation is 2. The molecule has 86 valence electrons. The first-order valence-electron chi connectivity index (χ1n) is 5.78. The molecule has 1 saturated heterocycles. The first kappa shape index (κ1) is 11.1. The molecule has 1 amide bonds. The van der Waals surface area contributed by atoms with Crippen molar-refractivity contribution in [3.8, 4) is 0 Å². The third-order valence-electron chi connectivity index (χ3n) is 3.13. The molecule has 1 unspecified atom stereocenters. The van der Waals surface area contributed by atoms with Gasteiger partial charge in [0.1, 0.15) is 0 Å². The van der Waals surface area contributed by atoms with Gasteiger partial charge in [0.15, 0.2) is 0 Å². The van der Waals surface area contributed by atoms with Crippen molar-refractivity contribution >= 4 is 11.6 Å². The van der Waals surface area contributed by atoms with Gasteiger partial charge in [-0.05, 0) is 24.5 Å². The zero-order chi connectivity index (χ0) is 11.7. The SMILES string of the molecule is CCc1cccc(C)c1N1CC(N)CC1=O. The molecule has 1 aliphatic heterocycles. The standard InChI is InChI=1S/C13H18N2O/c1-3-10-6-4-5-9(2)13(10)15-8-11(14)7-12(15)16/h4-6,11H,3,7-8,14H2,1-2H3. The average molecular weight is 218 g/mol. The number of rotatable bonds is 2. The van der Waals surface area contributed by atoms with Crippen molar-refractivity contribution in [2.45, 2.75) is 32.7 Å². The number of nitrogens with zero attached hydrogens (tertiary/aromatic N) is 1. The van der Waals surface area contributed by atoms with Gasteiger partial charge in [-0.3, -0.25) is 4.79 Å². The monoisotopic (exact) mass is 218 g/mol. The molecule has 3 nitrogen and oxygen atoms in total. The Balaban J connectivity index is 2.43. The van der Waals surface area contributed by atoms with Crippen LogP contribution in [0.1, 0.15) is 24.5 Å². The maximum absolute atomic E-state index is 11.9. The van der Waals surface area contributed by atoms with E-state index in [0.29, 0.717) is 13.0 Å². The van der Waals surface area contributed by atoms with Crippen molar-refractivity contribution < 1.29 is 4.79 Å². The number of anilines is 1. The molecule has 0 bridgehead atoms. The van der Waals surface area contributed by atoms with Crippen LogP contribution in [-0.2, 0) is 11.2 Å². The Hall–Kier alpha value is -1.35. The van der Waals surface area contributed by atoms with Gasteiger partial charge in [-0.2, -0.15) is 0 Å². The van der Waals surface area contributed by atoms with Crippen LogP contribution in [0.3, 0.4) is 0 Å². The second kappa shape index (κ2) is 4.26. The molecular weight excluding hydrogens is 200 g/mol. The summed E-state index contributed by atoms with van der Waals surface area (Å²) in [5.74, 6) is 0.150. The van der Waals surface area contributed by atoms with Crippen molar-refractivity contribution in [3.05, 3.63) is 29.3 Å². The molecule has 1 heterocycles. The lowest BCUT2D eigenvalue weighted by Crippen LogP contribution is -2.29. The molecule has 3 heteroatoms. The lowest BCUT2D eigenvalue weighted by atomic mass is 10.0. The maximum atomic E-state index is 11.9. The zero-order valence-electron chi connectivity index (χ0n) is 9.86. The Morgan fingerprint density at radius 3 is 2.81 bits per heavy atom. The fourth-order valence-electron chi connectivity index (χ4n) is 2.34. The van der Waals surface area contributed by atoms with E-state index < -0.39 is 0 Å². The van der Waals surface area contributed by atoms with Crippen molar-refractivity contribution in [2.24, 2.45) is 5.73 Å². The van der Waals surface area contributed by atoms with E-state index in [9.17, 15) is 4.79 Å². The average Bonchev–Trinajstić information content (AvgIpc) is 2.57. The molecule has 1 fully saturated rings. The van der Waals surface area contributed by atoms with Gasteiger partial charge in [0, 0.05) is 24.7 Å². The molecule has 1 atom stereocenters. The summed E-state index contributed by atoms with van der Waals surface area (Å²) < 4.78 is 0. The highest BCUT2D eigenvalue weighted by Crippen LogP contribution is 2.29. The van der Waals surface area contributed by atoms with E-state index in [4.69, 9.17) is 5.73 Å². The molecule has 0 spiro atoms. The molecule has 1 aliphatic rings. The van der Waals surface area contributed by atoms with Crippen LogP contribution in [0.2, 0.25) is 0 Å². The van der Waals surface area contributed by atoms with E-state index in [-0.39, 0.29) is 11.9 Å². The minimum absolute atomic E-state index is 0.0168. The van der Waals surface area contributed by atoms with E-state index in [2.05, 4.69) is 13.0 Å². The topological polar surface area (TPSA) is 46.3 Å². The molecule has 2 rings (SSSR count). The number of amides is 1. The van der Waals surface area contributed by atoms with Crippen molar-refractivity contribution in [1.82, 2.24) is 0 Å². The maximum Gasteiger partial charge on any atom is 0.228 e. The number of nitrogens with two attached hydrogens (primary N) is 1. The van der Waals surface area contributed by atoms with Gasteiger partial charge in [-0.15, -0.1) is 0 Å². The Bertz CT molecular complexity index is 414. The number of carbonyl (C=O) groups is 1. The van der Waals surface area contributed by atoms with Crippen molar-refractivity contribution in [2.75, 3.05) is 11.4 Å². The Kier molecular flexibility index (Phi) is 2.97. The molecule has 0 radical (unpaired) electrons. The number of hydrogen-bond acceptors (Lipinski definition) is 2. The second-order valence-corrected chi connectivity index (χ2v) is 4.40. The van der Waals surface area contributed by atoms with Crippen LogP contribution in [0.25, 0.3) is 0 Å². The third kappa shape index (κ3) is 1.83. The molecule has 16 heavy (non-hydrogen) atoms. The van der Waals surface area contributed by atoms with Crippen molar-refractivity contribution in [3.63, 3.8) is 0 Å². The summed E-state index contributed by atoms with van der Waals surface area (Å²) in [6, 6.07) is 6.15. The van der Waals surface area contributed by atoms with Gasteiger partial charge in [0.25, 0.3) is 0 Å². The highest BCUT2D eigenvalue weighted by atomic mass is 16.2. The highest BCUT2D eigenvalue weighted by molar-refractivity contribution is 5.97. The van der Waals surface area contributed by atoms with E-state index in [0.717, 1.165) is 17.7 Å². The van der Waals surface area contributed by atoms with Gasteiger partial charge >= 0.3 is 0 Å². The second-order valence-electron chi connectivity index (χ2n) is 4.40. The number of hydrogen-bond donors (Lipinski definition) is 1. The Labute approximate surface area is 96.2 Å². The predicted molar refractivity (Wildman–Crippen MR) is 65.5 cm³/mol. The zero-order valence-corrected chi connectivity index (χ0v) is 9.86. The summed E-state index contributed by atoms with van der Waals surface area (Å²) in [4.78, 5) is 13.7. The Morgan fingerprint density at radius 2 is 2.25 bits per heavy atom. The fourth-order valence-corrected chi connectivity index (χ4v) is 2.34. The highest BCUT2D eigenvalue weighted by Gasteiger charge is 2.29. The van der Waals surface area contributed by atoms with Gasteiger partial charge in [-0.1, -0.05) is 25.1 Å². The summed E-state index contributed by atoms with van der Waals surface area (Å²) in [5.41, 5.74) is 9.28. The fraction of sp³-hybridized carbons (Fsp3) is 0.462. The predicted octanol–water partition coefficient (Wildman–Crippen LogP) is 1.62. The number of carbonyl (C=O) groups excluding carboxylic acids is 1. The normalized spacial score (nSPS) is 20.6. The minimum Gasteiger partial charge on any atom is -0.326 e. The van der Waals surface area contributed by atoms with Gasteiger partial charge < -0.3 is 10.6 Å². The summed E-state index contributed by atoms with van der Waals surface area (Å²) in [6.45, 7) is 4.81. The molecule has 2 N–H and O–H groups in total. The van der Waals surface area contributed by atoms with Gasteiger partial charge in [-0.25, -0.2) is 0 Å². The van der Waals surface area contributed by atoms with Crippen LogP contribution in [0.5, 0.6) is 0 Å². The summed E-state index contributed by atoms with van der Waals surface area (Å²) in [6.07, 6.45) is 1.41. The van der Waals surface area contributed by atoms with Crippen LogP contribution in [0.4, 0.5) is 5.69 Å². The van der Waals surface area contributed by atoms with Gasteiger partial charge in [0.05, 0.1) is 0 Å². The summed E-state index contributed by atoms with van der Waals surface area (Å²) >= 11 is 0. The summed E-state index contributed by atoms with van der Waals surface area (Å²) in [5, 5.41) is 0. The molecule has 1 aromatic rings. The smallest absolute Gasteiger partial charge is 0.228 e. The number of para-hydroxylation sites is 1. The molecule has 1 aromatic carbocycles. The van der Waals surface area contributed by atoms with E-state index in [1.54, 1.807) is 0 Å². The first-order chi connectivity index (χ1) is 7.63. The third-order valence-corrected chi connectivity index (χ3v) is 3.13. The lowest BCUT2D eigenvalue weighted by molar-refractivity contribution is -0.117. The number of benzene rings is 1. The van der Waals surface area contributed by atoms with Crippen LogP contribution >= 0.6 is 0 Å². The van der Waals surface area contributed by atoms with Crippen LogP contribution in [0.15, 0.2) is 18.2 Å². The molecular formula is C13H18N2O. The van der Waals surface area contributed by atoms with Crippen LogP contribution in [-0.4, -0.2) is 18.5 Å². The van der Waals surface area contributed by atoms with Crippen molar-refractivity contribution in [1.29, 1.82) is 0 Å². The van der Waals surface area contributed by atoms with E-state index >= 15 is 0 Å². The van der Waals surface area contributed by atoms with Crippen LogP contribution in [0, 0.1) is 6.92 Å². The van der Waals surface area contributed by atoms with E-state index in [1.165, 1.54) is 5.56 Å². The lowest BCUT2D eigenvalue weighted by Gasteiger charge is -2.22. The minimum atomic E-state index is -0.0168. The van der Waals surface area contributed by atoms with E-state index in [1.807, 2.05) is 24.0 Å². The Morgan fingerprint density at radius 1 is 1.50 bits per heavy atom. The van der Waals surface area contributed by atoms with Gasteiger partial charge in [0.2, 0.25) is 5.91 Å². The van der Waals surface area contributed by atoms with Crippen LogP contribution < -0.4 is 10.6 Å². The largest absolute Gasteiger partial charge is 0.326 e. The quantitative estimate of drug-likeness (QED) is 0.820. The first-order valence-corrected chi connectivity index (χ1v) is 5.78. The summed E-state index contributed by atoms with van der Waals surface area (Å²) in [7, 11) is 0. The molecule has 0 aromatic heterocycles.